The molecular formula is C22H26N4O2S. The summed E-state index contributed by atoms with van der Waals surface area (Å²) in [6.07, 6.45) is 0. The summed E-state index contributed by atoms with van der Waals surface area (Å²) >= 11 is 1.39. The summed E-state index contributed by atoms with van der Waals surface area (Å²) in [5.41, 5.74) is 2.88. The summed E-state index contributed by atoms with van der Waals surface area (Å²) in [6.45, 7) is 6.24. The van der Waals surface area contributed by atoms with E-state index in [2.05, 4.69) is 9.88 Å². The molecule has 0 saturated heterocycles. The van der Waals surface area contributed by atoms with Crippen LogP contribution in [-0.2, 0) is 9.59 Å². The van der Waals surface area contributed by atoms with E-state index in [-0.39, 0.29) is 30.2 Å². The molecule has 0 bridgehead atoms. The van der Waals surface area contributed by atoms with Crippen molar-refractivity contribution in [3.8, 4) is 5.69 Å². The Balaban J connectivity index is 1.78. The van der Waals surface area contributed by atoms with Gasteiger partial charge in [-0.05, 0) is 45.0 Å². The van der Waals surface area contributed by atoms with Crippen molar-refractivity contribution >= 4 is 34.6 Å². The van der Waals surface area contributed by atoms with Crippen molar-refractivity contribution in [1.82, 2.24) is 19.8 Å². The number of fused-ring (bicyclic) bond motifs is 1. The Morgan fingerprint density at radius 1 is 1.10 bits per heavy atom. The van der Waals surface area contributed by atoms with Crippen LogP contribution in [0.4, 0.5) is 0 Å². The first-order valence-corrected chi connectivity index (χ1v) is 10.7. The fourth-order valence-corrected chi connectivity index (χ4v) is 3.99. The van der Waals surface area contributed by atoms with Crippen molar-refractivity contribution in [2.24, 2.45) is 0 Å². The molecule has 0 unspecified atom stereocenters. The number of imidazole rings is 1. The van der Waals surface area contributed by atoms with Crippen LogP contribution in [0.25, 0.3) is 16.7 Å². The second-order valence-electron chi connectivity index (χ2n) is 6.97. The first kappa shape index (κ1) is 20.9. The summed E-state index contributed by atoms with van der Waals surface area (Å²) in [4.78, 5) is 31.0. The van der Waals surface area contributed by atoms with Crippen molar-refractivity contribution in [2.75, 3.05) is 18.8 Å². The van der Waals surface area contributed by atoms with Gasteiger partial charge in [0.1, 0.15) is 0 Å². The minimum Gasteiger partial charge on any atom is -0.352 e. The highest BCUT2D eigenvalue weighted by Gasteiger charge is 2.19. The Hall–Kier alpha value is -2.80. The van der Waals surface area contributed by atoms with E-state index in [4.69, 9.17) is 4.98 Å². The minimum atomic E-state index is -0.142. The summed E-state index contributed by atoms with van der Waals surface area (Å²) in [5.74, 6) is -0.00122. The van der Waals surface area contributed by atoms with Gasteiger partial charge in [-0.15, -0.1) is 0 Å². The number of aromatic nitrogens is 2. The SMILES string of the molecule is CCN(CC(=O)NC(C)C)C(=O)CSc1nc2ccccc2n1-c1ccccc1. The Labute approximate surface area is 175 Å². The maximum absolute atomic E-state index is 12.7. The summed E-state index contributed by atoms with van der Waals surface area (Å²) < 4.78 is 2.06. The van der Waals surface area contributed by atoms with Gasteiger partial charge in [0.25, 0.3) is 0 Å². The number of benzene rings is 2. The molecule has 2 aromatic carbocycles. The normalized spacial score (nSPS) is 11.0. The molecule has 1 aromatic heterocycles. The van der Waals surface area contributed by atoms with E-state index in [0.717, 1.165) is 21.9 Å². The number of para-hydroxylation sites is 3. The fourth-order valence-electron chi connectivity index (χ4n) is 3.06. The van der Waals surface area contributed by atoms with E-state index in [1.165, 1.54) is 11.8 Å². The highest BCUT2D eigenvalue weighted by Crippen LogP contribution is 2.28. The molecule has 0 spiro atoms. The molecule has 7 heteroatoms. The lowest BCUT2D eigenvalue weighted by molar-refractivity contribution is -0.134. The molecule has 0 aliphatic rings. The van der Waals surface area contributed by atoms with Crippen LogP contribution in [-0.4, -0.2) is 51.1 Å². The zero-order valence-electron chi connectivity index (χ0n) is 17.0. The van der Waals surface area contributed by atoms with E-state index in [9.17, 15) is 9.59 Å². The molecular weight excluding hydrogens is 384 g/mol. The fraction of sp³-hybridized carbons (Fsp3) is 0.318. The Kier molecular flexibility index (Phi) is 6.93. The lowest BCUT2D eigenvalue weighted by Crippen LogP contribution is -2.43. The smallest absolute Gasteiger partial charge is 0.239 e. The Morgan fingerprint density at radius 2 is 1.79 bits per heavy atom. The number of thioether (sulfide) groups is 1. The zero-order valence-corrected chi connectivity index (χ0v) is 17.8. The summed E-state index contributed by atoms with van der Waals surface area (Å²) in [7, 11) is 0. The van der Waals surface area contributed by atoms with Gasteiger partial charge in [0.2, 0.25) is 11.8 Å². The number of nitrogens with one attached hydrogen (secondary N) is 1. The van der Waals surface area contributed by atoms with Gasteiger partial charge in [0.05, 0.1) is 23.3 Å². The summed E-state index contributed by atoms with van der Waals surface area (Å²) in [6, 6.07) is 18.0. The molecule has 0 aliphatic carbocycles. The van der Waals surface area contributed by atoms with E-state index >= 15 is 0 Å². The van der Waals surface area contributed by atoms with Crippen LogP contribution in [0.15, 0.2) is 59.8 Å². The largest absolute Gasteiger partial charge is 0.352 e. The number of likely N-dealkylation sites (N-methyl/N-ethyl adjacent to an activating group) is 1. The number of nitrogens with zero attached hydrogens (tertiary/aromatic N) is 3. The molecule has 0 saturated carbocycles. The van der Waals surface area contributed by atoms with Crippen LogP contribution in [0.3, 0.4) is 0 Å². The van der Waals surface area contributed by atoms with E-state index in [0.29, 0.717) is 6.54 Å². The topological polar surface area (TPSA) is 67.2 Å². The van der Waals surface area contributed by atoms with E-state index in [1.54, 1.807) is 4.90 Å². The summed E-state index contributed by atoms with van der Waals surface area (Å²) in [5, 5.41) is 3.59. The second-order valence-corrected chi connectivity index (χ2v) is 7.92. The molecule has 3 rings (SSSR count). The third-order valence-electron chi connectivity index (χ3n) is 4.39. The van der Waals surface area contributed by atoms with Crippen LogP contribution >= 0.6 is 11.8 Å². The minimum absolute atomic E-state index is 0.0523. The standard InChI is InChI=1S/C22H26N4O2S/c1-4-25(14-20(27)23-16(2)3)21(28)15-29-22-24-18-12-8-9-13-19(18)26(22)17-10-6-5-7-11-17/h5-13,16H,4,14-15H2,1-3H3,(H,23,27). The quantitative estimate of drug-likeness (QED) is 0.577. The van der Waals surface area contributed by atoms with Gasteiger partial charge in [-0.2, -0.15) is 0 Å². The Morgan fingerprint density at radius 3 is 2.48 bits per heavy atom. The zero-order chi connectivity index (χ0) is 20.8. The molecule has 0 fully saturated rings. The Bertz CT molecular complexity index is 985. The molecule has 0 atom stereocenters. The number of carbonyl (C=O) groups excluding carboxylic acids is 2. The molecule has 1 heterocycles. The van der Waals surface area contributed by atoms with Crippen LogP contribution < -0.4 is 5.32 Å². The van der Waals surface area contributed by atoms with Crippen molar-refractivity contribution in [3.63, 3.8) is 0 Å². The van der Waals surface area contributed by atoms with Gasteiger partial charge in [-0.1, -0.05) is 42.1 Å². The maximum atomic E-state index is 12.7. The monoisotopic (exact) mass is 410 g/mol. The van der Waals surface area contributed by atoms with Crippen LogP contribution in [0.5, 0.6) is 0 Å². The predicted octanol–water partition coefficient (Wildman–Crippen LogP) is 3.49. The van der Waals surface area contributed by atoms with Crippen molar-refractivity contribution < 1.29 is 9.59 Å². The molecule has 1 N–H and O–H groups in total. The average molecular weight is 411 g/mol. The highest BCUT2D eigenvalue weighted by molar-refractivity contribution is 7.99. The van der Waals surface area contributed by atoms with Crippen molar-refractivity contribution in [2.45, 2.75) is 32.0 Å². The van der Waals surface area contributed by atoms with Gasteiger partial charge < -0.3 is 10.2 Å². The molecule has 0 aliphatic heterocycles. The lowest BCUT2D eigenvalue weighted by atomic mass is 10.3. The average Bonchev–Trinajstić information content (AvgIpc) is 3.08. The highest BCUT2D eigenvalue weighted by atomic mass is 32.2. The number of carbonyl (C=O) groups is 2. The van der Waals surface area contributed by atoms with Crippen LogP contribution in [0, 0.1) is 0 Å². The second kappa shape index (κ2) is 9.60. The van der Waals surface area contributed by atoms with Gasteiger partial charge in [-0.3, -0.25) is 14.2 Å². The third-order valence-corrected chi connectivity index (χ3v) is 5.31. The molecule has 6 nitrogen and oxygen atoms in total. The lowest BCUT2D eigenvalue weighted by Gasteiger charge is -2.21. The van der Waals surface area contributed by atoms with Crippen molar-refractivity contribution in [3.05, 3.63) is 54.6 Å². The molecule has 3 aromatic rings. The van der Waals surface area contributed by atoms with Crippen molar-refractivity contribution in [1.29, 1.82) is 0 Å². The maximum Gasteiger partial charge on any atom is 0.239 e. The predicted molar refractivity (Wildman–Crippen MR) is 117 cm³/mol. The van der Waals surface area contributed by atoms with E-state index in [1.807, 2.05) is 75.4 Å². The molecule has 152 valence electrons. The first-order chi connectivity index (χ1) is 14.0. The molecule has 0 radical (unpaired) electrons. The van der Waals surface area contributed by atoms with Crippen LogP contribution in [0.1, 0.15) is 20.8 Å². The molecule has 29 heavy (non-hydrogen) atoms. The number of hydrogen-bond acceptors (Lipinski definition) is 4. The van der Waals surface area contributed by atoms with Gasteiger partial charge in [0, 0.05) is 18.3 Å². The number of rotatable bonds is 8. The third kappa shape index (κ3) is 5.17. The first-order valence-electron chi connectivity index (χ1n) is 9.72. The number of hydrogen-bond donors (Lipinski definition) is 1. The van der Waals surface area contributed by atoms with E-state index < -0.39 is 0 Å². The van der Waals surface area contributed by atoms with Crippen LogP contribution in [0.2, 0.25) is 0 Å². The number of amides is 2. The van der Waals surface area contributed by atoms with Gasteiger partial charge in [-0.25, -0.2) is 4.98 Å². The molecule has 2 amide bonds. The van der Waals surface area contributed by atoms with Gasteiger partial charge >= 0.3 is 0 Å². The van der Waals surface area contributed by atoms with Gasteiger partial charge in [0.15, 0.2) is 5.16 Å².